The fraction of sp³-hybridized carbons (Fsp3) is 0.553. The van der Waals surface area contributed by atoms with E-state index in [-0.39, 0.29) is 46.8 Å². The molecule has 1 aromatic carbocycles. The number of ketones is 2. The van der Waals surface area contributed by atoms with Gasteiger partial charge in [-0.2, -0.15) is 0 Å². The molecule has 11 unspecified atom stereocenters. The quantitative estimate of drug-likeness (QED) is 0.188. The number of aliphatic carboxylic acids is 1. The molecule has 0 saturated carbocycles. The van der Waals surface area contributed by atoms with E-state index in [0.29, 0.717) is 0 Å². The number of ether oxygens (including phenoxy) is 4. The van der Waals surface area contributed by atoms with Crippen molar-refractivity contribution in [3.8, 4) is 11.5 Å². The van der Waals surface area contributed by atoms with Crippen LogP contribution in [-0.4, -0.2) is 85.7 Å². The van der Waals surface area contributed by atoms with Gasteiger partial charge in [0.05, 0.1) is 29.7 Å². The highest BCUT2D eigenvalue weighted by molar-refractivity contribution is 6.08. The highest BCUT2D eigenvalue weighted by atomic mass is 16.7. The van der Waals surface area contributed by atoms with Crippen LogP contribution in [0.4, 0.5) is 0 Å². The number of carbonyl (C=O) groups excluding carboxylic acids is 4. The molecule has 11 atom stereocenters. The zero-order valence-corrected chi connectivity index (χ0v) is 30.8. The van der Waals surface area contributed by atoms with Crippen LogP contribution in [0.2, 0.25) is 0 Å². The Morgan fingerprint density at radius 3 is 2.32 bits per heavy atom. The smallest absolute Gasteiger partial charge is 0.329 e. The van der Waals surface area contributed by atoms with Gasteiger partial charge in [0, 0.05) is 67.1 Å². The lowest BCUT2D eigenvalue weighted by Gasteiger charge is -2.33. The molecular formula is C38H49NO14. The van der Waals surface area contributed by atoms with E-state index in [1.165, 1.54) is 32.9 Å². The predicted octanol–water partition coefficient (Wildman–Crippen LogP) is 3.16. The van der Waals surface area contributed by atoms with Crippen LogP contribution in [0.25, 0.3) is 0 Å². The highest BCUT2D eigenvalue weighted by Gasteiger charge is 2.51. The number of carboxylic acid groups (broad SMARTS) is 1. The van der Waals surface area contributed by atoms with Crippen LogP contribution in [-0.2, 0) is 33.4 Å². The molecule has 1 aliphatic carbocycles. The molecule has 0 spiro atoms. The van der Waals surface area contributed by atoms with Crippen LogP contribution >= 0.6 is 0 Å². The number of hydrogen-bond acceptors (Lipinski definition) is 13. The molecule has 4 aliphatic rings. The van der Waals surface area contributed by atoms with Crippen LogP contribution in [0.1, 0.15) is 95.0 Å². The SMILES string of the molecule is CC(=O)OC1CC(O)C(C)C(O)C(C)/C=C/CC(C)C(=O)NC2=CC(OCC(=O)O)c3c4c(cc(O)c3C2O)OC(C)(O/C=C/C(C(C)=O)C1C)C4=O. The molecule has 0 fully saturated rings. The molecular weight excluding hydrogens is 694 g/mol. The third-order valence-electron chi connectivity index (χ3n) is 10.2. The molecule has 53 heavy (non-hydrogen) atoms. The Kier molecular flexibility index (Phi) is 12.9. The summed E-state index contributed by atoms with van der Waals surface area (Å²) in [4.78, 5) is 64.0. The highest BCUT2D eigenvalue weighted by Crippen LogP contribution is 2.50. The zero-order valence-electron chi connectivity index (χ0n) is 30.8. The Bertz CT molecular complexity index is 1700. The first-order valence-electron chi connectivity index (χ1n) is 17.5. The molecule has 3 heterocycles. The molecule has 15 heteroatoms. The number of carbonyl (C=O) groups is 5. The largest absolute Gasteiger partial charge is 0.507 e. The summed E-state index contributed by atoms with van der Waals surface area (Å²) in [5.74, 6) is -9.92. The monoisotopic (exact) mass is 743 g/mol. The number of nitrogens with one attached hydrogen (secondary N) is 1. The number of allylic oxidation sites excluding steroid dienone is 2. The first-order valence-corrected chi connectivity index (χ1v) is 17.5. The number of rotatable bonds is 5. The number of aliphatic hydroxyl groups is 3. The van der Waals surface area contributed by atoms with E-state index in [1.54, 1.807) is 39.8 Å². The molecule has 15 nitrogen and oxygen atoms in total. The molecule has 290 valence electrons. The number of aromatic hydroxyl groups is 1. The zero-order chi connectivity index (χ0) is 39.5. The van der Waals surface area contributed by atoms with Crippen LogP contribution in [0, 0.1) is 29.6 Å². The summed E-state index contributed by atoms with van der Waals surface area (Å²) in [5, 5.41) is 56.9. The predicted molar refractivity (Wildman–Crippen MR) is 186 cm³/mol. The van der Waals surface area contributed by atoms with Crippen molar-refractivity contribution < 1.29 is 68.5 Å². The first kappa shape index (κ1) is 41.2. The van der Waals surface area contributed by atoms with Gasteiger partial charge in [0.1, 0.15) is 42.2 Å². The first-order chi connectivity index (χ1) is 24.8. The van der Waals surface area contributed by atoms with E-state index in [1.807, 2.05) is 0 Å². The third kappa shape index (κ3) is 8.98. The van der Waals surface area contributed by atoms with Crippen LogP contribution in [0.5, 0.6) is 11.5 Å². The molecule has 0 radical (unpaired) electrons. The molecule has 0 aromatic heterocycles. The van der Waals surface area contributed by atoms with Gasteiger partial charge in [-0.1, -0.05) is 39.8 Å². The second-order valence-corrected chi connectivity index (χ2v) is 14.3. The van der Waals surface area contributed by atoms with E-state index in [4.69, 9.17) is 18.9 Å². The number of esters is 1. The number of amides is 1. The molecule has 0 saturated heterocycles. The lowest BCUT2D eigenvalue weighted by Crippen LogP contribution is -2.40. The van der Waals surface area contributed by atoms with Crippen LogP contribution in [0.15, 0.2) is 42.3 Å². The maximum absolute atomic E-state index is 14.1. The Morgan fingerprint density at radius 2 is 1.70 bits per heavy atom. The summed E-state index contributed by atoms with van der Waals surface area (Å²) >= 11 is 0. The number of fused-ring (bicyclic) bond motifs is 15. The standard InChI is InChI=1S/C38H49NO14/c1-17-9-8-10-18(2)37(49)39-24-13-28(50-16-30(44)45)32-31(35(24)47)26(43)15-29-33(32)36(48)38(7,53-29)51-12-11-23(21(5)40)19(3)27(52-22(6)41)14-25(42)20(4)34(17)46/h8-9,11-13,15,17-20,23,25,27-28,34-35,42-43,46-47H,10,14,16H2,1-7H3,(H,39,49)(H,44,45)/b9-8+,12-11+. The summed E-state index contributed by atoms with van der Waals surface area (Å²) in [6, 6.07) is 1.09. The van der Waals surface area contributed by atoms with E-state index in [0.717, 1.165) is 12.3 Å². The number of Topliss-reactive ketones (excluding diaryl/α,β-unsaturated/α-hetero) is 2. The van der Waals surface area contributed by atoms with E-state index < -0.39 is 102 Å². The van der Waals surface area contributed by atoms with Crippen LogP contribution in [0.3, 0.4) is 0 Å². The van der Waals surface area contributed by atoms with Gasteiger partial charge in [-0.25, -0.2) is 4.79 Å². The van der Waals surface area contributed by atoms with Gasteiger partial charge in [0.2, 0.25) is 5.91 Å². The summed E-state index contributed by atoms with van der Waals surface area (Å²) in [7, 11) is 0. The summed E-state index contributed by atoms with van der Waals surface area (Å²) in [6.07, 6.45) is 0.978. The average molecular weight is 744 g/mol. The second kappa shape index (κ2) is 16.6. The topological polar surface area (TPSA) is 235 Å². The Balaban J connectivity index is 1.82. The minimum absolute atomic E-state index is 0.0849. The maximum Gasteiger partial charge on any atom is 0.329 e. The Hall–Kier alpha value is -4.57. The lowest BCUT2D eigenvalue weighted by atomic mass is 9.81. The molecule has 1 amide bonds. The number of hydrogen-bond donors (Lipinski definition) is 6. The van der Waals surface area contributed by atoms with E-state index in [2.05, 4.69) is 5.32 Å². The minimum Gasteiger partial charge on any atom is -0.507 e. The van der Waals surface area contributed by atoms with Crippen LogP contribution < -0.4 is 10.1 Å². The van der Waals surface area contributed by atoms with Gasteiger partial charge >= 0.3 is 17.7 Å². The van der Waals surface area contributed by atoms with Crippen molar-refractivity contribution in [2.45, 2.75) is 97.6 Å². The lowest BCUT2D eigenvalue weighted by molar-refractivity contribution is -0.153. The minimum atomic E-state index is -2.07. The molecule has 3 aliphatic heterocycles. The Labute approximate surface area is 307 Å². The van der Waals surface area contributed by atoms with Crippen molar-refractivity contribution in [1.29, 1.82) is 0 Å². The molecule has 5 rings (SSSR count). The van der Waals surface area contributed by atoms with Gasteiger partial charge in [-0.15, -0.1) is 0 Å². The van der Waals surface area contributed by atoms with Crippen molar-refractivity contribution >= 4 is 29.4 Å². The summed E-state index contributed by atoms with van der Waals surface area (Å²) < 4.78 is 22.9. The van der Waals surface area contributed by atoms with Crippen molar-refractivity contribution in [2.75, 3.05) is 6.61 Å². The maximum atomic E-state index is 14.1. The van der Waals surface area contributed by atoms with E-state index in [9.17, 15) is 49.5 Å². The van der Waals surface area contributed by atoms with Gasteiger partial charge < -0.3 is 49.8 Å². The number of phenols is 1. The average Bonchev–Trinajstić information content (AvgIpc) is 3.32. The number of phenolic OH excluding ortho intramolecular Hbond substituents is 1. The van der Waals surface area contributed by atoms with Gasteiger partial charge in [-0.3, -0.25) is 19.2 Å². The van der Waals surface area contributed by atoms with Crippen molar-refractivity contribution in [3.05, 3.63) is 59.0 Å². The van der Waals surface area contributed by atoms with Crippen molar-refractivity contribution in [2.24, 2.45) is 29.6 Å². The Morgan fingerprint density at radius 1 is 1.02 bits per heavy atom. The fourth-order valence-electron chi connectivity index (χ4n) is 6.93. The normalized spacial score (nSPS) is 34.9. The fourth-order valence-corrected chi connectivity index (χ4v) is 6.93. The number of aliphatic hydroxyl groups excluding tert-OH is 3. The molecule has 5 bridgehead atoms. The van der Waals surface area contributed by atoms with Crippen molar-refractivity contribution in [1.82, 2.24) is 5.32 Å². The summed E-state index contributed by atoms with van der Waals surface area (Å²) in [6.45, 7) is 9.62. The molecule has 1 aromatic rings. The number of benzene rings is 1. The van der Waals surface area contributed by atoms with E-state index >= 15 is 0 Å². The summed E-state index contributed by atoms with van der Waals surface area (Å²) in [5.41, 5.74) is -0.576. The third-order valence-corrected chi connectivity index (χ3v) is 10.2. The second-order valence-electron chi connectivity index (χ2n) is 14.3. The molecule has 6 N–H and O–H groups in total. The van der Waals surface area contributed by atoms with Crippen molar-refractivity contribution in [3.63, 3.8) is 0 Å². The van der Waals surface area contributed by atoms with Gasteiger partial charge in [0.25, 0.3) is 5.78 Å². The van der Waals surface area contributed by atoms with Gasteiger partial charge in [0.15, 0.2) is 0 Å². The number of carboxylic acids is 1. The van der Waals surface area contributed by atoms with Gasteiger partial charge in [-0.05, 0) is 25.5 Å².